The molecule has 3 atom stereocenters. The van der Waals surface area contributed by atoms with E-state index in [0.29, 0.717) is 16.6 Å². The van der Waals surface area contributed by atoms with Crippen LogP contribution < -0.4 is 5.32 Å². The smallest absolute Gasteiger partial charge is 0.239 e. The minimum absolute atomic E-state index is 0.0602. The molecule has 3 heterocycles. The first-order chi connectivity index (χ1) is 21.4. The molecule has 4 aromatic rings. The summed E-state index contributed by atoms with van der Waals surface area (Å²) in [6.45, 7) is 6.71. The number of thioether (sulfide) groups is 1. The van der Waals surface area contributed by atoms with E-state index in [1.807, 2.05) is 90.8 Å². The molecule has 44 heavy (non-hydrogen) atoms. The second-order valence-corrected chi connectivity index (χ2v) is 13.7. The maximum absolute atomic E-state index is 14.6. The Labute approximate surface area is 272 Å². The molecule has 2 N–H and O–H groups in total. The number of morpholine rings is 1. The molecular formula is C34H36Cl2N4O3S. The van der Waals surface area contributed by atoms with Crippen LogP contribution >= 0.6 is 35.0 Å². The number of rotatable bonds is 10. The number of carbonyl (C=O) groups is 2. The maximum atomic E-state index is 14.6. The van der Waals surface area contributed by atoms with Gasteiger partial charge in [-0.3, -0.25) is 14.5 Å². The Hall–Kier alpha value is -3.01. The molecule has 1 unspecified atom stereocenters. The van der Waals surface area contributed by atoms with Gasteiger partial charge in [0, 0.05) is 57.2 Å². The summed E-state index contributed by atoms with van der Waals surface area (Å²) < 4.78 is 4.34. The van der Waals surface area contributed by atoms with Gasteiger partial charge in [0.1, 0.15) is 4.75 Å². The van der Waals surface area contributed by atoms with Crippen LogP contribution in [-0.2, 0) is 14.3 Å². The number of fused-ring (bicyclic) bond motifs is 1. The van der Waals surface area contributed by atoms with Gasteiger partial charge in [-0.05, 0) is 61.9 Å². The van der Waals surface area contributed by atoms with Crippen molar-refractivity contribution in [1.29, 1.82) is 0 Å². The highest BCUT2D eigenvalue weighted by molar-refractivity contribution is 8.01. The molecule has 0 spiro atoms. The molecule has 2 aliphatic heterocycles. The van der Waals surface area contributed by atoms with Crippen molar-refractivity contribution in [2.24, 2.45) is 0 Å². The van der Waals surface area contributed by atoms with E-state index >= 15 is 0 Å². The predicted molar refractivity (Wildman–Crippen MR) is 177 cm³/mol. The molecule has 1 aromatic heterocycles. The molecule has 0 radical (unpaired) electrons. The number of aromatic amines is 1. The van der Waals surface area contributed by atoms with E-state index in [-0.39, 0.29) is 24.3 Å². The quantitative estimate of drug-likeness (QED) is 0.183. The Morgan fingerprint density at radius 3 is 2.55 bits per heavy atom. The van der Waals surface area contributed by atoms with Crippen molar-refractivity contribution in [2.45, 2.75) is 41.5 Å². The second kappa shape index (κ2) is 13.5. The molecular weight excluding hydrogens is 615 g/mol. The molecule has 10 heteroatoms. The van der Waals surface area contributed by atoms with Crippen molar-refractivity contribution < 1.29 is 14.3 Å². The molecule has 3 aromatic carbocycles. The van der Waals surface area contributed by atoms with Crippen LogP contribution in [0.15, 0.2) is 83.9 Å². The lowest BCUT2D eigenvalue weighted by Gasteiger charge is -2.39. The van der Waals surface area contributed by atoms with E-state index < -0.39 is 10.8 Å². The molecule has 0 bridgehead atoms. The number of halogens is 2. The van der Waals surface area contributed by atoms with Crippen LogP contribution in [0, 0.1) is 0 Å². The molecule has 7 nitrogen and oxygen atoms in total. The lowest BCUT2D eigenvalue weighted by atomic mass is 9.90. The molecule has 2 aliphatic rings. The summed E-state index contributed by atoms with van der Waals surface area (Å²) in [5, 5.41) is 5.43. The first-order valence-corrected chi connectivity index (χ1v) is 16.6. The average Bonchev–Trinajstić information content (AvgIpc) is 3.57. The number of amides is 2. The molecule has 2 saturated heterocycles. The van der Waals surface area contributed by atoms with E-state index in [9.17, 15) is 9.59 Å². The topological polar surface area (TPSA) is 77.7 Å². The van der Waals surface area contributed by atoms with Crippen molar-refractivity contribution in [2.75, 3.05) is 39.4 Å². The van der Waals surface area contributed by atoms with Gasteiger partial charge in [0.05, 0.1) is 31.7 Å². The number of hydrogen-bond acceptors (Lipinski definition) is 5. The lowest BCUT2D eigenvalue weighted by molar-refractivity contribution is -0.131. The van der Waals surface area contributed by atoms with E-state index in [2.05, 4.69) is 15.2 Å². The molecule has 230 valence electrons. The Morgan fingerprint density at radius 2 is 1.80 bits per heavy atom. The number of carbonyl (C=O) groups excluding carboxylic acids is 2. The fourth-order valence-electron chi connectivity index (χ4n) is 6.39. The Kier molecular flexibility index (Phi) is 9.54. The highest BCUT2D eigenvalue weighted by Crippen LogP contribution is 2.56. The van der Waals surface area contributed by atoms with Crippen molar-refractivity contribution in [1.82, 2.24) is 20.1 Å². The van der Waals surface area contributed by atoms with E-state index in [0.717, 1.165) is 66.2 Å². The van der Waals surface area contributed by atoms with Gasteiger partial charge in [-0.15, -0.1) is 11.8 Å². The Balaban J connectivity index is 1.41. The van der Waals surface area contributed by atoms with Crippen LogP contribution in [-0.4, -0.2) is 70.7 Å². The number of nitrogens with one attached hydrogen (secondary N) is 2. The van der Waals surface area contributed by atoms with Gasteiger partial charge >= 0.3 is 0 Å². The van der Waals surface area contributed by atoms with Crippen LogP contribution in [0.4, 0.5) is 0 Å². The standard InChI is InChI=1S/C34H36Cl2N4O3S/c1-23(24-8-10-25(35)11-9-24)40-31(41)21-34(44-27-6-3-2-4-7-27,33(42)37-14-5-15-39-16-18-43-19-17-39)32(40)29-22-38-30-20-26(36)12-13-28(29)30/h2-4,6-13,20,22-23,32,38H,5,14-19,21H2,1H3,(H,37,42)/t23-,32+,34?/m1/s1. The molecule has 0 saturated carbocycles. The molecule has 2 amide bonds. The predicted octanol–water partition coefficient (Wildman–Crippen LogP) is 6.88. The largest absolute Gasteiger partial charge is 0.379 e. The third-order valence-corrected chi connectivity index (χ3v) is 10.5. The molecule has 2 fully saturated rings. The van der Waals surface area contributed by atoms with Crippen LogP contribution in [0.2, 0.25) is 10.0 Å². The summed E-state index contributed by atoms with van der Waals surface area (Å²) in [6, 6.07) is 22.3. The second-order valence-electron chi connectivity index (χ2n) is 11.4. The summed E-state index contributed by atoms with van der Waals surface area (Å²) in [7, 11) is 0. The monoisotopic (exact) mass is 650 g/mol. The molecule has 6 rings (SSSR count). The zero-order chi connectivity index (χ0) is 30.7. The highest BCUT2D eigenvalue weighted by Gasteiger charge is 2.59. The zero-order valence-corrected chi connectivity index (χ0v) is 26.9. The third-order valence-electron chi connectivity index (χ3n) is 8.63. The van der Waals surface area contributed by atoms with Crippen LogP contribution in [0.1, 0.15) is 43.0 Å². The highest BCUT2D eigenvalue weighted by atomic mass is 35.5. The number of hydrogen-bond donors (Lipinski definition) is 2. The fourth-order valence-corrected chi connectivity index (χ4v) is 8.12. The van der Waals surface area contributed by atoms with Crippen molar-refractivity contribution in [3.8, 4) is 0 Å². The summed E-state index contributed by atoms with van der Waals surface area (Å²) >= 11 is 14.0. The first-order valence-electron chi connectivity index (χ1n) is 15.0. The van der Waals surface area contributed by atoms with Gasteiger partial charge < -0.3 is 19.9 Å². The number of nitrogens with zero attached hydrogens (tertiary/aromatic N) is 2. The SMILES string of the molecule is C[C@H](c1ccc(Cl)cc1)N1C(=O)CC(Sc2ccccc2)(C(=O)NCCCN2CCOCC2)[C@@H]1c1c[nH]c2cc(Cl)ccc12. The van der Waals surface area contributed by atoms with Gasteiger partial charge in [-0.1, -0.05) is 59.6 Å². The molecule has 0 aliphatic carbocycles. The third kappa shape index (κ3) is 6.37. The van der Waals surface area contributed by atoms with Gasteiger partial charge in [-0.25, -0.2) is 0 Å². The summed E-state index contributed by atoms with van der Waals surface area (Å²) in [6.07, 6.45) is 2.80. The number of likely N-dealkylation sites (tertiary alicyclic amines) is 1. The number of ether oxygens (including phenoxy) is 1. The van der Waals surface area contributed by atoms with E-state index in [1.54, 1.807) is 0 Å². The number of benzene rings is 3. The summed E-state index contributed by atoms with van der Waals surface area (Å²) in [5.41, 5.74) is 2.69. The fraction of sp³-hybridized carbons (Fsp3) is 0.353. The minimum Gasteiger partial charge on any atom is -0.379 e. The summed E-state index contributed by atoms with van der Waals surface area (Å²) in [4.78, 5) is 37.4. The Bertz CT molecular complexity index is 1610. The van der Waals surface area contributed by atoms with Gasteiger partial charge in [0.2, 0.25) is 11.8 Å². The minimum atomic E-state index is -1.13. The summed E-state index contributed by atoms with van der Waals surface area (Å²) in [5.74, 6) is -0.214. The van der Waals surface area contributed by atoms with Gasteiger partial charge in [0.25, 0.3) is 0 Å². The van der Waals surface area contributed by atoms with Crippen molar-refractivity contribution >= 4 is 57.7 Å². The van der Waals surface area contributed by atoms with Crippen molar-refractivity contribution in [3.63, 3.8) is 0 Å². The normalized spacial score (nSPS) is 21.6. The number of H-pyrrole nitrogens is 1. The van der Waals surface area contributed by atoms with Crippen molar-refractivity contribution in [3.05, 3.63) is 100 Å². The van der Waals surface area contributed by atoms with Crippen LogP contribution in [0.5, 0.6) is 0 Å². The zero-order valence-electron chi connectivity index (χ0n) is 24.6. The van der Waals surface area contributed by atoms with E-state index in [4.69, 9.17) is 27.9 Å². The maximum Gasteiger partial charge on any atom is 0.239 e. The Morgan fingerprint density at radius 1 is 1.07 bits per heavy atom. The average molecular weight is 652 g/mol. The first kappa shape index (κ1) is 31.0. The van der Waals surface area contributed by atoms with Crippen LogP contribution in [0.3, 0.4) is 0 Å². The van der Waals surface area contributed by atoms with Gasteiger partial charge in [0.15, 0.2) is 0 Å². The lowest BCUT2D eigenvalue weighted by Crippen LogP contribution is -2.49. The van der Waals surface area contributed by atoms with Crippen LogP contribution in [0.25, 0.3) is 10.9 Å². The van der Waals surface area contributed by atoms with Gasteiger partial charge in [-0.2, -0.15) is 0 Å². The van der Waals surface area contributed by atoms with E-state index in [1.165, 1.54) is 11.8 Å². The number of aromatic nitrogens is 1.